The van der Waals surface area contributed by atoms with Crippen LogP contribution in [0.5, 0.6) is 0 Å². The molecule has 3 heteroatoms. The molecular formula is C13H24N2O. The summed E-state index contributed by atoms with van der Waals surface area (Å²) in [5, 5.41) is 6.52. The molecule has 0 radical (unpaired) electrons. The molecule has 0 aromatic rings. The van der Waals surface area contributed by atoms with Crippen LogP contribution >= 0.6 is 0 Å². The van der Waals surface area contributed by atoms with Crippen LogP contribution in [0.1, 0.15) is 51.9 Å². The lowest BCUT2D eigenvalue weighted by Crippen LogP contribution is -2.41. The average Bonchev–Trinajstić information content (AvgIpc) is 2.99. The Morgan fingerprint density at radius 2 is 1.94 bits per heavy atom. The fourth-order valence-electron chi connectivity index (χ4n) is 2.72. The summed E-state index contributed by atoms with van der Waals surface area (Å²) >= 11 is 0. The molecular weight excluding hydrogens is 200 g/mol. The Hall–Kier alpha value is -0.570. The molecule has 2 fully saturated rings. The number of nitrogens with one attached hydrogen (secondary N) is 2. The molecule has 0 unspecified atom stereocenters. The fraction of sp³-hybridized carbons (Fsp3) is 0.923. The lowest BCUT2D eigenvalue weighted by Gasteiger charge is -2.26. The van der Waals surface area contributed by atoms with Crippen molar-refractivity contribution >= 4 is 5.91 Å². The Morgan fingerprint density at radius 1 is 1.25 bits per heavy atom. The molecule has 2 aliphatic carbocycles. The van der Waals surface area contributed by atoms with Crippen LogP contribution in [0.4, 0.5) is 0 Å². The quantitative estimate of drug-likeness (QED) is 0.676. The van der Waals surface area contributed by atoms with E-state index in [1.807, 2.05) is 0 Å². The number of hydrogen-bond donors (Lipinski definition) is 2. The molecule has 0 aliphatic heterocycles. The van der Waals surface area contributed by atoms with Gasteiger partial charge in [-0.15, -0.1) is 0 Å². The average molecular weight is 224 g/mol. The summed E-state index contributed by atoms with van der Waals surface area (Å²) in [6.45, 7) is 3.86. The highest BCUT2D eigenvalue weighted by Gasteiger charge is 2.38. The van der Waals surface area contributed by atoms with E-state index < -0.39 is 0 Å². The van der Waals surface area contributed by atoms with Gasteiger partial charge in [-0.3, -0.25) is 4.79 Å². The second-order valence-electron chi connectivity index (χ2n) is 5.33. The van der Waals surface area contributed by atoms with Crippen molar-refractivity contribution in [2.24, 2.45) is 5.41 Å². The molecule has 0 spiro atoms. The summed E-state index contributed by atoms with van der Waals surface area (Å²) in [5.41, 5.74) is -0.0282. The molecule has 0 saturated heterocycles. The summed E-state index contributed by atoms with van der Waals surface area (Å²) < 4.78 is 0. The smallest absolute Gasteiger partial charge is 0.226 e. The van der Waals surface area contributed by atoms with Crippen molar-refractivity contribution in [3.8, 4) is 0 Å². The highest BCUT2D eigenvalue weighted by atomic mass is 16.2. The second-order valence-corrected chi connectivity index (χ2v) is 5.33. The normalized spacial score (nSPS) is 23.3. The van der Waals surface area contributed by atoms with Crippen LogP contribution in [0.2, 0.25) is 0 Å². The second kappa shape index (κ2) is 5.17. The van der Waals surface area contributed by atoms with Crippen molar-refractivity contribution < 1.29 is 4.79 Å². The van der Waals surface area contributed by atoms with Gasteiger partial charge in [0.25, 0.3) is 0 Å². The van der Waals surface area contributed by atoms with E-state index in [9.17, 15) is 4.79 Å². The zero-order valence-electron chi connectivity index (χ0n) is 10.3. The van der Waals surface area contributed by atoms with Crippen molar-refractivity contribution in [2.45, 2.75) is 57.9 Å². The van der Waals surface area contributed by atoms with Crippen LogP contribution in [0.25, 0.3) is 0 Å². The zero-order chi connectivity index (χ0) is 11.4. The minimum absolute atomic E-state index is 0.0282. The van der Waals surface area contributed by atoms with Crippen LogP contribution in [0, 0.1) is 5.41 Å². The molecule has 92 valence electrons. The van der Waals surface area contributed by atoms with Crippen molar-refractivity contribution in [1.29, 1.82) is 0 Å². The Kier molecular flexibility index (Phi) is 3.85. The van der Waals surface area contributed by atoms with E-state index >= 15 is 0 Å². The van der Waals surface area contributed by atoms with Gasteiger partial charge in [0.15, 0.2) is 0 Å². The van der Waals surface area contributed by atoms with E-state index in [-0.39, 0.29) is 5.41 Å². The van der Waals surface area contributed by atoms with Gasteiger partial charge in [-0.25, -0.2) is 0 Å². The predicted octanol–water partition coefficient (Wildman–Crippen LogP) is 1.82. The van der Waals surface area contributed by atoms with Crippen LogP contribution in [-0.4, -0.2) is 25.0 Å². The summed E-state index contributed by atoms with van der Waals surface area (Å²) in [7, 11) is 0. The number of carbonyl (C=O) groups excluding carboxylic acids is 1. The van der Waals surface area contributed by atoms with Gasteiger partial charge in [0, 0.05) is 24.5 Å². The molecule has 0 aromatic carbocycles. The van der Waals surface area contributed by atoms with E-state index in [0.29, 0.717) is 5.91 Å². The minimum Gasteiger partial charge on any atom is -0.354 e. The van der Waals surface area contributed by atoms with Gasteiger partial charge < -0.3 is 10.6 Å². The van der Waals surface area contributed by atoms with Gasteiger partial charge in [-0.1, -0.05) is 19.8 Å². The first-order valence-electron chi connectivity index (χ1n) is 6.78. The Bertz CT molecular complexity index is 242. The molecule has 2 aliphatic rings. The Balaban J connectivity index is 1.68. The SMILES string of the molecule is CCC1(C(=O)NCCNC2CC2)CCCC1. The maximum Gasteiger partial charge on any atom is 0.226 e. The van der Waals surface area contributed by atoms with Crippen molar-refractivity contribution in [2.75, 3.05) is 13.1 Å². The van der Waals surface area contributed by atoms with Crippen molar-refractivity contribution in [3.63, 3.8) is 0 Å². The molecule has 2 rings (SSSR count). The summed E-state index contributed by atoms with van der Waals surface area (Å²) in [4.78, 5) is 12.1. The summed E-state index contributed by atoms with van der Waals surface area (Å²) in [6, 6.07) is 0.739. The highest BCUT2D eigenvalue weighted by molar-refractivity contribution is 5.82. The predicted molar refractivity (Wildman–Crippen MR) is 65.2 cm³/mol. The Morgan fingerprint density at radius 3 is 2.50 bits per heavy atom. The summed E-state index contributed by atoms with van der Waals surface area (Å²) in [6.07, 6.45) is 8.24. The first-order valence-corrected chi connectivity index (χ1v) is 6.78. The molecule has 1 amide bonds. The summed E-state index contributed by atoms with van der Waals surface area (Å²) in [5.74, 6) is 0.296. The van der Waals surface area contributed by atoms with Crippen LogP contribution in [-0.2, 0) is 4.79 Å². The highest BCUT2D eigenvalue weighted by Crippen LogP contribution is 2.40. The molecule has 0 heterocycles. The third-order valence-corrected chi connectivity index (χ3v) is 4.14. The maximum atomic E-state index is 12.1. The van der Waals surface area contributed by atoms with Gasteiger partial charge >= 0.3 is 0 Å². The van der Waals surface area contributed by atoms with Crippen LogP contribution in [0.3, 0.4) is 0 Å². The zero-order valence-corrected chi connectivity index (χ0v) is 10.3. The number of carbonyl (C=O) groups is 1. The van der Waals surface area contributed by atoms with Gasteiger partial charge in [0.1, 0.15) is 0 Å². The fourth-order valence-corrected chi connectivity index (χ4v) is 2.72. The first kappa shape index (κ1) is 11.9. The molecule has 0 aromatic heterocycles. The third-order valence-electron chi connectivity index (χ3n) is 4.14. The number of rotatable bonds is 6. The van der Waals surface area contributed by atoms with Gasteiger partial charge in [0.05, 0.1) is 0 Å². The molecule has 0 atom stereocenters. The van der Waals surface area contributed by atoms with Crippen molar-refractivity contribution in [1.82, 2.24) is 10.6 Å². The third kappa shape index (κ3) is 2.76. The lowest BCUT2D eigenvalue weighted by molar-refractivity contribution is -0.131. The van der Waals surface area contributed by atoms with Gasteiger partial charge in [-0.05, 0) is 32.1 Å². The molecule has 3 nitrogen and oxygen atoms in total. The minimum atomic E-state index is -0.0282. The number of amides is 1. The van der Waals surface area contributed by atoms with Crippen LogP contribution in [0.15, 0.2) is 0 Å². The maximum absolute atomic E-state index is 12.1. The van der Waals surface area contributed by atoms with E-state index in [1.165, 1.54) is 25.7 Å². The molecule has 16 heavy (non-hydrogen) atoms. The van der Waals surface area contributed by atoms with E-state index in [4.69, 9.17) is 0 Å². The van der Waals surface area contributed by atoms with E-state index in [2.05, 4.69) is 17.6 Å². The van der Waals surface area contributed by atoms with Gasteiger partial charge in [-0.2, -0.15) is 0 Å². The molecule has 2 saturated carbocycles. The molecule has 2 N–H and O–H groups in total. The molecule has 0 bridgehead atoms. The van der Waals surface area contributed by atoms with Crippen LogP contribution < -0.4 is 10.6 Å². The monoisotopic (exact) mass is 224 g/mol. The number of hydrogen-bond acceptors (Lipinski definition) is 2. The van der Waals surface area contributed by atoms with E-state index in [1.54, 1.807) is 0 Å². The topological polar surface area (TPSA) is 41.1 Å². The largest absolute Gasteiger partial charge is 0.354 e. The van der Waals surface area contributed by atoms with E-state index in [0.717, 1.165) is 38.4 Å². The Labute approximate surface area is 98.4 Å². The van der Waals surface area contributed by atoms with Crippen molar-refractivity contribution in [3.05, 3.63) is 0 Å². The first-order chi connectivity index (χ1) is 7.77. The standard InChI is InChI=1S/C13H24N2O/c1-2-13(7-3-4-8-13)12(16)15-10-9-14-11-5-6-11/h11,14H,2-10H2,1H3,(H,15,16). The van der Waals surface area contributed by atoms with Gasteiger partial charge in [0.2, 0.25) is 5.91 Å². The lowest BCUT2D eigenvalue weighted by atomic mass is 9.82.